The third kappa shape index (κ3) is 6.66. The highest BCUT2D eigenvalue weighted by atomic mass is 16.4. The van der Waals surface area contributed by atoms with Crippen LogP contribution in [-0.4, -0.2) is 22.6 Å². The van der Waals surface area contributed by atoms with Crippen LogP contribution in [0.1, 0.15) is 67.8 Å². The molecule has 4 nitrogen and oxygen atoms in total. The molecule has 0 unspecified atom stereocenters. The van der Waals surface area contributed by atoms with Crippen molar-refractivity contribution in [2.75, 3.05) is 0 Å². The second-order valence-corrected chi connectivity index (χ2v) is 5.51. The molecule has 0 amide bonds. The van der Waals surface area contributed by atoms with Crippen molar-refractivity contribution >= 4 is 17.5 Å². The lowest BCUT2D eigenvalue weighted by Crippen LogP contribution is -2.12. The molecule has 0 aromatic heterocycles. The Balaban J connectivity index is 2.38. The SMILES string of the molecule is CCCCCCCC(=O)c1ccc(CCC(=O)C(=O)O)cc1. The fourth-order valence-electron chi connectivity index (χ4n) is 2.26. The van der Waals surface area contributed by atoms with Gasteiger partial charge in [0, 0.05) is 18.4 Å². The summed E-state index contributed by atoms with van der Waals surface area (Å²) in [5, 5.41) is 8.52. The number of aryl methyl sites for hydroxylation is 1. The van der Waals surface area contributed by atoms with Crippen LogP contribution in [0.2, 0.25) is 0 Å². The Morgan fingerprint density at radius 3 is 2.14 bits per heavy atom. The molecule has 22 heavy (non-hydrogen) atoms. The van der Waals surface area contributed by atoms with E-state index >= 15 is 0 Å². The first-order chi connectivity index (χ1) is 10.5. The van der Waals surface area contributed by atoms with Crippen LogP contribution in [0.3, 0.4) is 0 Å². The van der Waals surface area contributed by atoms with Gasteiger partial charge in [-0.3, -0.25) is 9.59 Å². The summed E-state index contributed by atoms with van der Waals surface area (Å²) in [5.74, 6) is -2.04. The highest BCUT2D eigenvalue weighted by molar-refractivity contribution is 6.32. The van der Waals surface area contributed by atoms with E-state index in [1.54, 1.807) is 24.3 Å². The molecule has 0 spiro atoms. The summed E-state index contributed by atoms with van der Waals surface area (Å²) in [6.07, 6.45) is 6.55. The fraction of sp³-hybridized carbons (Fsp3) is 0.500. The van der Waals surface area contributed by atoms with Gasteiger partial charge in [0.2, 0.25) is 5.78 Å². The zero-order valence-corrected chi connectivity index (χ0v) is 13.1. The molecule has 0 aliphatic carbocycles. The molecule has 0 saturated carbocycles. The quantitative estimate of drug-likeness (QED) is 0.383. The average molecular weight is 304 g/mol. The fourth-order valence-corrected chi connectivity index (χ4v) is 2.26. The van der Waals surface area contributed by atoms with Crippen LogP contribution in [0.25, 0.3) is 0 Å². The zero-order valence-electron chi connectivity index (χ0n) is 13.1. The molecule has 0 fully saturated rings. The minimum Gasteiger partial charge on any atom is -0.476 e. The number of carboxylic acids is 1. The van der Waals surface area contributed by atoms with E-state index in [1.165, 1.54) is 19.3 Å². The van der Waals surface area contributed by atoms with Crippen molar-refractivity contribution in [3.8, 4) is 0 Å². The van der Waals surface area contributed by atoms with Crippen LogP contribution in [-0.2, 0) is 16.0 Å². The number of benzene rings is 1. The predicted molar refractivity (Wildman–Crippen MR) is 85.1 cm³/mol. The van der Waals surface area contributed by atoms with Gasteiger partial charge in [0.05, 0.1) is 0 Å². The molecule has 0 saturated heterocycles. The average Bonchev–Trinajstić information content (AvgIpc) is 2.52. The number of rotatable bonds is 11. The molecule has 0 aliphatic heterocycles. The first-order valence-corrected chi connectivity index (χ1v) is 7.93. The first kappa shape index (κ1) is 18.1. The van der Waals surface area contributed by atoms with Crippen molar-refractivity contribution < 1.29 is 19.5 Å². The van der Waals surface area contributed by atoms with Crippen molar-refractivity contribution in [3.05, 3.63) is 35.4 Å². The molecule has 4 heteroatoms. The lowest BCUT2D eigenvalue weighted by atomic mass is 10.0. The van der Waals surface area contributed by atoms with Gasteiger partial charge >= 0.3 is 5.97 Å². The summed E-state index contributed by atoms with van der Waals surface area (Å²) in [6, 6.07) is 7.10. The maximum atomic E-state index is 12.0. The molecule has 0 radical (unpaired) electrons. The van der Waals surface area contributed by atoms with Crippen molar-refractivity contribution in [3.63, 3.8) is 0 Å². The molecule has 0 bridgehead atoms. The van der Waals surface area contributed by atoms with Gasteiger partial charge in [-0.2, -0.15) is 0 Å². The largest absolute Gasteiger partial charge is 0.476 e. The molecule has 120 valence electrons. The Labute approximate surface area is 131 Å². The third-order valence-electron chi connectivity index (χ3n) is 3.66. The molecular weight excluding hydrogens is 280 g/mol. The van der Waals surface area contributed by atoms with Gasteiger partial charge in [0.1, 0.15) is 0 Å². The highest BCUT2D eigenvalue weighted by Gasteiger charge is 2.11. The van der Waals surface area contributed by atoms with Crippen molar-refractivity contribution in [2.45, 2.75) is 58.3 Å². The number of Topliss-reactive ketones (excluding diaryl/α,β-unsaturated/α-hetero) is 2. The number of carbonyl (C=O) groups excluding carboxylic acids is 2. The van der Waals surface area contributed by atoms with Crippen LogP contribution in [0, 0.1) is 0 Å². The van der Waals surface area contributed by atoms with Gasteiger partial charge in [-0.25, -0.2) is 4.79 Å². The summed E-state index contributed by atoms with van der Waals surface area (Å²) in [4.78, 5) is 33.5. The van der Waals surface area contributed by atoms with Crippen LogP contribution >= 0.6 is 0 Å². The molecule has 1 N–H and O–H groups in total. The smallest absolute Gasteiger partial charge is 0.372 e. The zero-order chi connectivity index (χ0) is 16.4. The maximum Gasteiger partial charge on any atom is 0.372 e. The number of hydrogen-bond donors (Lipinski definition) is 1. The van der Waals surface area contributed by atoms with Crippen LogP contribution < -0.4 is 0 Å². The lowest BCUT2D eigenvalue weighted by Gasteiger charge is -2.04. The molecule has 1 aromatic carbocycles. The van der Waals surface area contributed by atoms with E-state index in [9.17, 15) is 14.4 Å². The second kappa shape index (κ2) is 9.87. The number of hydrogen-bond acceptors (Lipinski definition) is 3. The van der Waals surface area contributed by atoms with Gasteiger partial charge in [-0.05, 0) is 18.4 Å². The Morgan fingerprint density at radius 2 is 1.55 bits per heavy atom. The van der Waals surface area contributed by atoms with E-state index in [1.807, 2.05) is 0 Å². The molecule has 1 rings (SSSR count). The topological polar surface area (TPSA) is 71.4 Å². The van der Waals surface area contributed by atoms with Crippen molar-refractivity contribution in [1.29, 1.82) is 0 Å². The van der Waals surface area contributed by atoms with Gasteiger partial charge in [-0.1, -0.05) is 56.9 Å². The first-order valence-electron chi connectivity index (χ1n) is 7.93. The lowest BCUT2D eigenvalue weighted by molar-refractivity contribution is -0.149. The van der Waals surface area contributed by atoms with E-state index in [2.05, 4.69) is 6.92 Å². The molecule has 0 heterocycles. The summed E-state index contributed by atoms with van der Waals surface area (Å²) < 4.78 is 0. The minimum atomic E-state index is -1.39. The molecule has 0 aliphatic rings. The Morgan fingerprint density at radius 1 is 0.909 bits per heavy atom. The van der Waals surface area contributed by atoms with E-state index in [4.69, 9.17) is 5.11 Å². The number of carboxylic acid groups (broad SMARTS) is 1. The summed E-state index contributed by atoms with van der Waals surface area (Å²) >= 11 is 0. The molecular formula is C18H24O4. The Hall–Kier alpha value is -1.97. The van der Waals surface area contributed by atoms with E-state index < -0.39 is 11.8 Å². The number of ketones is 2. The second-order valence-electron chi connectivity index (χ2n) is 5.51. The number of unbranched alkanes of at least 4 members (excludes halogenated alkanes) is 4. The van der Waals surface area contributed by atoms with E-state index in [0.29, 0.717) is 18.4 Å². The van der Waals surface area contributed by atoms with Crippen LogP contribution in [0.15, 0.2) is 24.3 Å². The summed E-state index contributed by atoms with van der Waals surface area (Å²) in [7, 11) is 0. The monoisotopic (exact) mass is 304 g/mol. The summed E-state index contributed by atoms with van der Waals surface area (Å²) in [5.41, 5.74) is 1.55. The van der Waals surface area contributed by atoms with Gasteiger partial charge in [0.25, 0.3) is 0 Å². The number of aliphatic carboxylic acids is 1. The highest BCUT2D eigenvalue weighted by Crippen LogP contribution is 2.12. The Kier molecular flexibility index (Phi) is 8.11. The van der Waals surface area contributed by atoms with Gasteiger partial charge < -0.3 is 5.11 Å². The van der Waals surface area contributed by atoms with E-state index in [0.717, 1.165) is 18.4 Å². The van der Waals surface area contributed by atoms with Crippen LogP contribution in [0.5, 0.6) is 0 Å². The van der Waals surface area contributed by atoms with Gasteiger partial charge in [-0.15, -0.1) is 0 Å². The Bertz CT molecular complexity index is 502. The standard InChI is InChI=1S/C18H24O4/c1-2-3-4-5-6-7-16(19)15-11-8-14(9-12-15)10-13-17(20)18(21)22/h8-9,11-12H,2-7,10,13H2,1H3,(H,21,22). The van der Waals surface area contributed by atoms with Crippen molar-refractivity contribution in [2.24, 2.45) is 0 Å². The van der Waals surface area contributed by atoms with Gasteiger partial charge in [0.15, 0.2) is 5.78 Å². The molecule has 0 atom stereocenters. The maximum absolute atomic E-state index is 12.0. The third-order valence-corrected chi connectivity index (χ3v) is 3.66. The predicted octanol–water partition coefficient (Wildman–Crippen LogP) is 3.82. The normalized spacial score (nSPS) is 10.4. The molecule has 1 aromatic rings. The van der Waals surface area contributed by atoms with Crippen LogP contribution in [0.4, 0.5) is 0 Å². The van der Waals surface area contributed by atoms with E-state index in [-0.39, 0.29) is 12.2 Å². The minimum absolute atomic E-state index is 0.0138. The number of carbonyl (C=O) groups is 3. The summed E-state index contributed by atoms with van der Waals surface area (Å²) in [6.45, 7) is 2.16. The van der Waals surface area contributed by atoms with Crippen molar-refractivity contribution in [1.82, 2.24) is 0 Å².